The number of rotatable bonds is 5. The van der Waals surface area contributed by atoms with Gasteiger partial charge in [-0.1, -0.05) is 35.3 Å². The van der Waals surface area contributed by atoms with Crippen molar-refractivity contribution in [1.82, 2.24) is 5.43 Å². The summed E-state index contributed by atoms with van der Waals surface area (Å²) in [6.07, 6.45) is 1.55. The number of hydrazone groups is 1. The summed E-state index contributed by atoms with van der Waals surface area (Å²) >= 11 is 11.6. The average Bonchev–Trinajstić information content (AvgIpc) is 2.49. The Kier molecular flexibility index (Phi) is 5.60. The van der Waals surface area contributed by atoms with Crippen LogP contribution >= 0.6 is 23.2 Å². The molecule has 108 valence electrons. The summed E-state index contributed by atoms with van der Waals surface area (Å²) in [5.41, 5.74) is 4.10. The number of nitrogens with one attached hydrogen (secondary N) is 2. The number of carbonyl (C=O) groups excluding carboxylic acids is 1. The molecule has 21 heavy (non-hydrogen) atoms. The minimum absolute atomic E-state index is 0.125. The van der Waals surface area contributed by atoms with E-state index in [1.807, 2.05) is 12.1 Å². The van der Waals surface area contributed by atoms with Gasteiger partial charge >= 0.3 is 0 Å². The Morgan fingerprint density at radius 2 is 1.57 bits per heavy atom. The van der Waals surface area contributed by atoms with Crippen molar-refractivity contribution < 1.29 is 4.79 Å². The van der Waals surface area contributed by atoms with Crippen LogP contribution in [-0.4, -0.2) is 18.7 Å². The minimum atomic E-state index is -0.241. The molecule has 2 N–H and O–H groups in total. The van der Waals surface area contributed by atoms with Crippen LogP contribution in [0.2, 0.25) is 10.0 Å². The van der Waals surface area contributed by atoms with E-state index in [2.05, 4.69) is 15.8 Å². The second-order valence-electron chi connectivity index (χ2n) is 4.21. The Morgan fingerprint density at radius 1 is 1.00 bits per heavy atom. The molecule has 2 aromatic carbocycles. The predicted octanol–water partition coefficient (Wildman–Crippen LogP) is 3.56. The number of hydrogen-bond acceptors (Lipinski definition) is 3. The minimum Gasteiger partial charge on any atom is -0.376 e. The molecule has 0 unspecified atom stereocenters. The Morgan fingerprint density at radius 3 is 2.19 bits per heavy atom. The van der Waals surface area contributed by atoms with Gasteiger partial charge in [0.15, 0.2) is 0 Å². The molecule has 0 aliphatic carbocycles. The summed E-state index contributed by atoms with van der Waals surface area (Å²) in [5, 5.41) is 8.14. The number of nitrogens with zero attached hydrogens (tertiary/aromatic N) is 1. The van der Waals surface area contributed by atoms with E-state index in [9.17, 15) is 4.79 Å². The van der Waals surface area contributed by atoms with Gasteiger partial charge in [0, 0.05) is 15.7 Å². The number of anilines is 1. The summed E-state index contributed by atoms with van der Waals surface area (Å²) in [6, 6.07) is 14.2. The summed E-state index contributed by atoms with van der Waals surface area (Å²) in [4.78, 5) is 11.6. The number of hydrogen-bond donors (Lipinski definition) is 2. The van der Waals surface area contributed by atoms with E-state index in [1.54, 1.807) is 42.6 Å². The first kappa shape index (κ1) is 15.4. The smallest absolute Gasteiger partial charge is 0.259 e. The first-order chi connectivity index (χ1) is 10.1. The maximum atomic E-state index is 11.6. The van der Waals surface area contributed by atoms with Crippen LogP contribution in [0, 0.1) is 0 Å². The summed E-state index contributed by atoms with van der Waals surface area (Å²) in [5.74, 6) is -0.241. The van der Waals surface area contributed by atoms with E-state index in [4.69, 9.17) is 23.2 Å². The second kappa shape index (κ2) is 7.67. The zero-order valence-electron chi connectivity index (χ0n) is 11.0. The Balaban J connectivity index is 1.77. The van der Waals surface area contributed by atoms with Gasteiger partial charge in [-0.3, -0.25) is 4.79 Å². The molecule has 0 aromatic heterocycles. The van der Waals surface area contributed by atoms with Gasteiger partial charge < -0.3 is 5.32 Å². The standard InChI is InChI=1S/C15H13Cl2N3O/c16-12-3-1-11(2-4-12)9-19-20-15(21)10-18-14-7-5-13(17)6-8-14/h1-9,18H,10H2,(H,20,21)/b19-9-. The molecule has 1 amide bonds. The lowest BCUT2D eigenvalue weighted by atomic mass is 10.2. The van der Waals surface area contributed by atoms with Gasteiger partial charge in [-0.05, 0) is 42.0 Å². The maximum absolute atomic E-state index is 11.6. The molecule has 0 heterocycles. The molecular weight excluding hydrogens is 309 g/mol. The molecule has 0 spiro atoms. The maximum Gasteiger partial charge on any atom is 0.259 e. The second-order valence-corrected chi connectivity index (χ2v) is 5.08. The monoisotopic (exact) mass is 321 g/mol. The van der Waals surface area contributed by atoms with Gasteiger partial charge in [0.1, 0.15) is 0 Å². The van der Waals surface area contributed by atoms with Crippen LogP contribution in [0.25, 0.3) is 0 Å². The lowest BCUT2D eigenvalue weighted by Gasteiger charge is -2.04. The highest BCUT2D eigenvalue weighted by Gasteiger charge is 1.99. The van der Waals surface area contributed by atoms with Crippen LogP contribution in [0.4, 0.5) is 5.69 Å². The molecule has 0 bridgehead atoms. The molecule has 0 aliphatic heterocycles. The van der Waals surface area contributed by atoms with Gasteiger partial charge in [0.2, 0.25) is 0 Å². The molecule has 0 saturated carbocycles. The van der Waals surface area contributed by atoms with Crippen LogP contribution in [0.1, 0.15) is 5.56 Å². The van der Waals surface area contributed by atoms with Crippen molar-refractivity contribution in [3.63, 3.8) is 0 Å². The molecule has 2 aromatic rings. The Hall–Kier alpha value is -2.04. The molecule has 0 aliphatic rings. The van der Waals surface area contributed by atoms with Crippen LogP contribution in [0.5, 0.6) is 0 Å². The Labute approximate surface area is 132 Å². The van der Waals surface area contributed by atoms with Crippen LogP contribution in [0.15, 0.2) is 53.6 Å². The summed E-state index contributed by atoms with van der Waals surface area (Å²) in [6.45, 7) is 0.125. The average molecular weight is 322 g/mol. The Bertz CT molecular complexity index is 624. The van der Waals surface area contributed by atoms with Crippen molar-refractivity contribution in [2.45, 2.75) is 0 Å². The number of amides is 1. The van der Waals surface area contributed by atoms with Crippen molar-refractivity contribution in [2.24, 2.45) is 5.10 Å². The first-order valence-electron chi connectivity index (χ1n) is 6.20. The lowest BCUT2D eigenvalue weighted by Crippen LogP contribution is -2.25. The van der Waals surface area contributed by atoms with Gasteiger partial charge in [-0.2, -0.15) is 5.10 Å². The zero-order chi connectivity index (χ0) is 15.1. The van der Waals surface area contributed by atoms with Crippen molar-refractivity contribution >= 4 is 41.0 Å². The normalized spacial score (nSPS) is 10.6. The van der Waals surface area contributed by atoms with E-state index >= 15 is 0 Å². The summed E-state index contributed by atoms with van der Waals surface area (Å²) < 4.78 is 0. The highest BCUT2D eigenvalue weighted by molar-refractivity contribution is 6.30. The van der Waals surface area contributed by atoms with Gasteiger partial charge in [0.05, 0.1) is 12.8 Å². The molecular formula is C15H13Cl2N3O. The fourth-order valence-electron chi connectivity index (χ4n) is 1.52. The molecule has 0 radical (unpaired) electrons. The van der Waals surface area contributed by atoms with Crippen LogP contribution < -0.4 is 10.7 Å². The molecule has 2 rings (SSSR count). The lowest BCUT2D eigenvalue weighted by molar-refractivity contribution is -0.119. The molecule has 0 saturated heterocycles. The van der Waals surface area contributed by atoms with E-state index in [-0.39, 0.29) is 12.5 Å². The van der Waals surface area contributed by atoms with Gasteiger partial charge in [-0.25, -0.2) is 5.43 Å². The molecule has 0 fully saturated rings. The fraction of sp³-hybridized carbons (Fsp3) is 0.0667. The van der Waals surface area contributed by atoms with Crippen molar-refractivity contribution in [3.8, 4) is 0 Å². The first-order valence-corrected chi connectivity index (χ1v) is 6.96. The van der Waals surface area contributed by atoms with E-state index in [0.717, 1.165) is 11.3 Å². The quantitative estimate of drug-likeness (QED) is 0.653. The number of benzene rings is 2. The zero-order valence-corrected chi connectivity index (χ0v) is 12.5. The summed E-state index contributed by atoms with van der Waals surface area (Å²) in [7, 11) is 0. The van der Waals surface area contributed by atoms with Crippen LogP contribution in [-0.2, 0) is 4.79 Å². The van der Waals surface area contributed by atoms with Crippen molar-refractivity contribution in [3.05, 3.63) is 64.1 Å². The highest BCUT2D eigenvalue weighted by atomic mass is 35.5. The third-order valence-corrected chi connectivity index (χ3v) is 3.07. The molecule has 4 nitrogen and oxygen atoms in total. The number of carbonyl (C=O) groups is 1. The van der Waals surface area contributed by atoms with Crippen molar-refractivity contribution in [1.29, 1.82) is 0 Å². The van der Waals surface area contributed by atoms with Crippen molar-refractivity contribution in [2.75, 3.05) is 11.9 Å². The number of halogens is 2. The third-order valence-electron chi connectivity index (χ3n) is 2.57. The fourth-order valence-corrected chi connectivity index (χ4v) is 1.77. The topological polar surface area (TPSA) is 53.5 Å². The predicted molar refractivity (Wildman–Crippen MR) is 87.1 cm³/mol. The SMILES string of the molecule is O=C(CNc1ccc(Cl)cc1)N/N=C\c1ccc(Cl)cc1. The molecule has 6 heteroatoms. The largest absolute Gasteiger partial charge is 0.376 e. The van der Waals surface area contributed by atoms with E-state index in [1.165, 1.54) is 0 Å². The molecule has 0 atom stereocenters. The van der Waals surface area contributed by atoms with E-state index < -0.39 is 0 Å². The van der Waals surface area contributed by atoms with Gasteiger partial charge in [0.25, 0.3) is 5.91 Å². The van der Waals surface area contributed by atoms with Gasteiger partial charge in [-0.15, -0.1) is 0 Å². The third kappa shape index (κ3) is 5.45. The highest BCUT2D eigenvalue weighted by Crippen LogP contribution is 2.12. The van der Waals surface area contributed by atoms with Crippen LogP contribution in [0.3, 0.4) is 0 Å². The van der Waals surface area contributed by atoms with E-state index in [0.29, 0.717) is 10.0 Å².